The Hall–Kier alpha value is -0.620. The first kappa shape index (κ1) is 14.8. The van der Waals surface area contributed by atoms with Crippen LogP contribution in [0.2, 0.25) is 0 Å². The molecule has 1 aromatic rings. The van der Waals surface area contributed by atoms with Gasteiger partial charge >= 0.3 is 0 Å². The van der Waals surface area contributed by atoms with Crippen LogP contribution in [0, 0.1) is 17.1 Å². The summed E-state index contributed by atoms with van der Waals surface area (Å²) in [5.41, 5.74) is -1.14. The van der Waals surface area contributed by atoms with Gasteiger partial charge in [0.15, 0.2) is 0 Å². The smallest absolute Gasteiger partial charge is 0.207 e. The number of nitriles is 1. The number of sulfonamides is 1. The van der Waals surface area contributed by atoms with Crippen LogP contribution in [0.1, 0.15) is 6.42 Å². The van der Waals surface area contributed by atoms with E-state index >= 15 is 0 Å². The molecule has 4 nitrogen and oxygen atoms in total. The first-order valence-electron chi connectivity index (χ1n) is 5.37. The van der Waals surface area contributed by atoms with Gasteiger partial charge < -0.3 is 0 Å². The fourth-order valence-electron chi connectivity index (χ4n) is 1.76. The lowest BCUT2D eigenvalue weighted by atomic mass is 10.0. The molecule has 1 fully saturated rings. The standard InChI is InChI=1S/C11H10BrFN2O2S2/c12-8-1-2-10(9(13)5-8)19(16,17)15-11(6-14)3-4-18-7-11/h1-2,5,15H,3-4,7H2. The Morgan fingerprint density at radius 3 is 2.79 bits per heavy atom. The Bertz CT molecular complexity index is 637. The average molecular weight is 365 g/mol. The van der Waals surface area contributed by atoms with Crippen molar-refractivity contribution in [3.63, 3.8) is 0 Å². The van der Waals surface area contributed by atoms with Crippen molar-refractivity contribution in [2.75, 3.05) is 11.5 Å². The highest BCUT2D eigenvalue weighted by Gasteiger charge is 2.39. The third kappa shape index (κ3) is 3.11. The topological polar surface area (TPSA) is 70.0 Å². The van der Waals surface area contributed by atoms with E-state index in [4.69, 9.17) is 5.26 Å². The normalized spacial score (nSPS) is 23.2. The van der Waals surface area contributed by atoms with E-state index in [9.17, 15) is 12.8 Å². The van der Waals surface area contributed by atoms with E-state index in [1.807, 2.05) is 6.07 Å². The predicted molar refractivity (Wildman–Crippen MR) is 74.7 cm³/mol. The summed E-state index contributed by atoms with van der Waals surface area (Å²) in [5, 5.41) is 9.15. The zero-order chi connectivity index (χ0) is 14.1. The summed E-state index contributed by atoms with van der Waals surface area (Å²) in [6.45, 7) is 0. The molecule has 102 valence electrons. The molecule has 0 radical (unpaired) electrons. The first-order chi connectivity index (χ1) is 8.88. The summed E-state index contributed by atoms with van der Waals surface area (Å²) in [4.78, 5) is -0.442. The Balaban J connectivity index is 2.35. The number of thioether (sulfide) groups is 1. The third-order valence-electron chi connectivity index (χ3n) is 2.75. The van der Waals surface area contributed by atoms with Gasteiger partial charge in [0.1, 0.15) is 16.3 Å². The largest absolute Gasteiger partial charge is 0.244 e. The maximum atomic E-state index is 13.7. The van der Waals surface area contributed by atoms with Crippen molar-refractivity contribution in [2.45, 2.75) is 16.9 Å². The van der Waals surface area contributed by atoms with Crippen LogP contribution in [0.15, 0.2) is 27.6 Å². The molecule has 0 saturated carbocycles. The van der Waals surface area contributed by atoms with E-state index in [0.717, 1.165) is 6.07 Å². The van der Waals surface area contributed by atoms with E-state index in [1.165, 1.54) is 23.9 Å². The highest BCUT2D eigenvalue weighted by molar-refractivity contribution is 9.10. The number of halogens is 2. The molecule has 1 heterocycles. The van der Waals surface area contributed by atoms with Crippen LogP contribution in [-0.2, 0) is 10.0 Å². The highest BCUT2D eigenvalue weighted by atomic mass is 79.9. The van der Waals surface area contributed by atoms with Crippen LogP contribution in [-0.4, -0.2) is 25.5 Å². The first-order valence-corrected chi connectivity index (χ1v) is 8.80. The number of hydrogen-bond donors (Lipinski definition) is 1. The lowest BCUT2D eigenvalue weighted by Gasteiger charge is -2.21. The van der Waals surface area contributed by atoms with E-state index in [2.05, 4.69) is 20.7 Å². The van der Waals surface area contributed by atoms with E-state index in [-0.39, 0.29) is 0 Å². The molecule has 1 N–H and O–H groups in total. The average Bonchev–Trinajstić information content (AvgIpc) is 2.77. The second-order valence-electron chi connectivity index (χ2n) is 4.18. The quantitative estimate of drug-likeness (QED) is 0.892. The molecule has 1 atom stereocenters. The summed E-state index contributed by atoms with van der Waals surface area (Å²) in [7, 11) is -4.04. The van der Waals surface area contributed by atoms with Crippen molar-refractivity contribution in [3.8, 4) is 6.07 Å². The van der Waals surface area contributed by atoms with Crippen LogP contribution in [0.3, 0.4) is 0 Å². The van der Waals surface area contributed by atoms with Crippen molar-refractivity contribution in [1.82, 2.24) is 4.72 Å². The number of nitrogens with one attached hydrogen (secondary N) is 1. The van der Waals surface area contributed by atoms with Crippen molar-refractivity contribution in [2.24, 2.45) is 0 Å². The van der Waals surface area contributed by atoms with Gasteiger partial charge in [0, 0.05) is 10.2 Å². The molecule has 19 heavy (non-hydrogen) atoms. The van der Waals surface area contributed by atoms with E-state index < -0.39 is 26.3 Å². The second-order valence-corrected chi connectivity index (χ2v) is 7.85. The van der Waals surface area contributed by atoms with Crippen LogP contribution >= 0.6 is 27.7 Å². The SMILES string of the molecule is N#CC1(NS(=O)(=O)c2ccc(Br)cc2F)CCSC1. The predicted octanol–water partition coefficient (Wildman–Crippen LogP) is 2.27. The van der Waals surface area contributed by atoms with Gasteiger partial charge in [-0.1, -0.05) is 15.9 Å². The number of benzene rings is 1. The molecule has 0 bridgehead atoms. The molecule has 0 spiro atoms. The Morgan fingerprint density at radius 2 is 2.26 bits per heavy atom. The van der Waals surface area contributed by atoms with Gasteiger partial charge in [-0.05, 0) is 30.4 Å². The number of hydrogen-bond acceptors (Lipinski definition) is 4. The van der Waals surface area contributed by atoms with Crippen LogP contribution < -0.4 is 4.72 Å². The molecule has 1 aliphatic heterocycles. The fraction of sp³-hybridized carbons (Fsp3) is 0.364. The molecular weight excluding hydrogens is 355 g/mol. The summed E-state index contributed by atoms with van der Waals surface area (Å²) in [6, 6.07) is 5.69. The fourth-order valence-corrected chi connectivity index (χ4v) is 4.86. The zero-order valence-electron chi connectivity index (χ0n) is 9.69. The minimum absolute atomic E-state index is 0.376. The lowest BCUT2D eigenvalue weighted by molar-refractivity contribution is 0.507. The Kier molecular flexibility index (Phi) is 4.20. The van der Waals surface area contributed by atoms with Crippen molar-refractivity contribution in [3.05, 3.63) is 28.5 Å². The van der Waals surface area contributed by atoms with Crippen molar-refractivity contribution < 1.29 is 12.8 Å². The van der Waals surface area contributed by atoms with Gasteiger partial charge in [-0.2, -0.15) is 21.7 Å². The molecular formula is C11H10BrFN2O2S2. The Labute approximate surface area is 123 Å². The Morgan fingerprint density at radius 1 is 1.53 bits per heavy atom. The third-order valence-corrected chi connectivity index (χ3v) is 6.00. The van der Waals surface area contributed by atoms with Crippen molar-refractivity contribution in [1.29, 1.82) is 5.26 Å². The van der Waals surface area contributed by atoms with E-state index in [1.54, 1.807) is 0 Å². The number of nitrogens with zero attached hydrogens (tertiary/aromatic N) is 1. The highest BCUT2D eigenvalue weighted by Crippen LogP contribution is 2.29. The summed E-state index contributed by atoms with van der Waals surface area (Å²) in [5.74, 6) is 0.236. The molecule has 2 rings (SSSR count). The molecule has 1 aromatic carbocycles. The maximum Gasteiger partial charge on any atom is 0.244 e. The molecule has 8 heteroatoms. The van der Waals surface area contributed by atoms with Gasteiger partial charge in [0.05, 0.1) is 6.07 Å². The minimum atomic E-state index is -4.04. The summed E-state index contributed by atoms with van der Waals surface area (Å²) >= 11 is 4.56. The monoisotopic (exact) mass is 364 g/mol. The van der Waals surface area contributed by atoms with Crippen LogP contribution in [0.5, 0.6) is 0 Å². The molecule has 0 aromatic heterocycles. The molecule has 1 aliphatic rings. The summed E-state index contributed by atoms with van der Waals surface area (Å²) in [6.07, 6.45) is 0.422. The molecule has 0 aliphatic carbocycles. The van der Waals surface area contributed by atoms with Crippen LogP contribution in [0.25, 0.3) is 0 Å². The van der Waals surface area contributed by atoms with Crippen LogP contribution in [0.4, 0.5) is 4.39 Å². The number of rotatable bonds is 3. The minimum Gasteiger partial charge on any atom is -0.207 e. The van der Waals surface area contributed by atoms with Gasteiger partial charge in [-0.25, -0.2) is 12.8 Å². The molecule has 1 saturated heterocycles. The maximum absolute atomic E-state index is 13.7. The second kappa shape index (κ2) is 5.40. The van der Waals surface area contributed by atoms with Gasteiger partial charge in [0.25, 0.3) is 0 Å². The van der Waals surface area contributed by atoms with Gasteiger partial charge in [-0.3, -0.25) is 0 Å². The molecule has 1 unspecified atom stereocenters. The molecule has 0 amide bonds. The zero-order valence-corrected chi connectivity index (χ0v) is 12.9. The van der Waals surface area contributed by atoms with Crippen molar-refractivity contribution >= 4 is 37.7 Å². The van der Waals surface area contributed by atoms with Gasteiger partial charge in [-0.15, -0.1) is 0 Å². The van der Waals surface area contributed by atoms with E-state index in [0.29, 0.717) is 22.4 Å². The summed E-state index contributed by atoms with van der Waals surface area (Å²) < 4.78 is 40.8. The lowest BCUT2D eigenvalue weighted by Crippen LogP contribution is -2.47. The van der Waals surface area contributed by atoms with Gasteiger partial charge in [0.2, 0.25) is 10.0 Å².